The van der Waals surface area contributed by atoms with Crippen LogP contribution in [-0.2, 0) is 14.3 Å². The minimum atomic E-state index is -0.550. The van der Waals surface area contributed by atoms with Crippen molar-refractivity contribution in [3.8, 4) is 0 Å². The zero-order valence-electron chi connectivity index (χ0n) is 10.9. The first-order chi connectivity index (χ1) is 10.1. The minimum Gasteiger partial charge on any atom is -0.452 e. The van der Waals surface area contributed by atoms with Gasteiger partial charge in [-0.05, 0) is 46.7 Å². The van der Waals surface area contributed by atoms with Crippen LogP contribution in [-0.4, -0.2) is 18.5 Å². The van der Waals surface area contributed by atoms with Crippen molar-refractivity contribution in [2.45, 2.75) is 0 Å². The summed E-state index contributed by atoms with van der Waals surface area (Å²) in [4.78, 5) is 23.1. The van der Waals surface area contributed by atoms with Crippen molar-refractivity contribution in [3.05, 3.63) is 57.2 Å². The van der Waals surface area contributed by atoms with Gasteiger partial charge in [-0.1, -0.05) is 22.0 Å². The van der Waals surface area contributed by atoms with Crippen LogP contribution >= 0.6 is 27.3 Å². The van der Waals surface area contributed by atoms with E-state index in [0.29, 0.717) is 5.69 Å². The SMILES string of the molecule is O=C(COC(=O)/C=C/c1ccsc1)Nc1cccc(Br)c1. The van der Waals surface area contributed by atoms with Crippen LogP contribution in [0.15, 0.2) is 51.6 Å². The second-order valence-electron chi connectivity index (χ2n) is 4.06. The average molecular weight is 366 g/mol. The Bertz CT molecular complexity index is 653. The van der Waals surface area contributed by atoms with Gasteiger partial charge in [0.25, 0.3) is 5.91 Å². The van der Waals surface area contributed by atoms with Crippen molar-refractivity contribution in [2.75, 3.05) is 11.9 Å². The monoisotopic (exact) mass is 365 g/mol. The van der Waals surface area contributed by atoms with E-state index in [2.05, 4.69) is 21.2 Å². The van der Waals surface area contributed by atoms with Gasteiger partial charge in [0.2, 0.25) is 0 Å². The Hall–Kier alpha value is -1.92. The maximum absolute atomic E-state index is 11.6. The van der Waals surface area contributed by atoms with E-state index in [0.717, 1.165) is 10.0 Å². The quantitative estimate of drug-likeness (QED) is 0.649. The molecule has 1 aromatic heterocycles. The summed E-state index contributed by atoms with van der Waals surface area (Å²) in [5.41, 5.74) is 1.56. The zero-order valence-corrected chi connectivity index (χ0v) is 13.3. The summed E-state index contributed by atoms with van der Waals surface area (Å²) in [7, 11) is 0. The molecule has 0 bridgehead atoms. The average Bonchev–Trinajstić information content (AvgIpc) is 2.96. The number of hydrogen-bond donors (Lipinski definition) is 1. The second-order valence-corrected chi connectivity index (χ2v) is 5.75. The van der Waals surface area contributed by atoms with Gasteiger partial charge in [-0.3, -0.25) is 4.79 Å². The van der Waals surface area contributed by atoms with E-state index in [-0.39, 0.29) is 12.5 Å². The summed E-state index contributed by atoms with van der Waals surface area (Å²) in [6, 6.07) is 9.05. The molecule has 1 amide bonds. The Labute approximate surface area is 134 Å². The van der Waals surface area contributed by atoms with Crippen LogP contribution in [0, 0.1) is 0 Å². The fourth-order valence-electron chi connectivity index (χ4n) is 1.48. The highest BCUT2D eigenvalue weighted by Gasteiger charge is 2.05. The first-order valence-corrected chi connectivity index (χ1v) is 7.79. The lowest BCUT2D eigenvalue weighted by atomic mass is 10.3. The topological polar surface area (TPSA) is 55.4 Å². The summed E-state index contributed by atoms with van der Waals surface area (Å²) in [5, 5.41) is 6.46. The molecule has 1 heterocycles. The molecule has 4 nitrogen and oxygen atoms in total. The van der Waals surface area contributed by atoms with Crippen LogP contribution in [0.5, 0.6) is 0 Å². The first-order valence-electron chi connectivity index (χ1n) is 6.06. The van der Waals surface area contributed by atoms with E-state index in [1.165, 1.54) is 6.08 Å². The number of rotatable bonds is 5. The number of carbonyl (C=O) groups excluding carboxylic acids is 2. The van der Waals surface area contributed by atoms with Gasteiger partial charge in [-0.2, -0.15) is 11.3 Å². The molecule has 0 saturated carbocycles. The maximum Gasteiger partial charge on any atom is 0.331 e. The van der Waals surface area contributed by atoms with Gasteiger partial charge in [-0.25, -0.2) is 4.79 Å². The highest BCUT2D eigenvalue weighted by atomic mass is 79.9. The Morgan fingerprint density at radius 2 is 2.19 bits per heavy atom. The molecule has 1 N–H and O–H groups in total. The molecule has 0 aliphatic carbocycles. The summed E-state index contributed by atoms with van der Waals surface area (Å²) < 4.78 is 5.72. The molecule has 6 heteroatoms. The highest BCUT2D eigenvalue weighted by Crippen LogP contribution is 2.15. The third-order valence-corrected chi connectivity index (χ3v) is 3.60. The number of ether oxygens (including phenoxy) is 1. The second kappa shape index (κ2) is 7.75. The van der Waals surface area contributed by atoms with Crippen molar-refractivity contribution in [1.29, 1.82) is 0 Å². The van der Waals surface area contributed by atoms with Crippen LogP contribution in [0.4, 0.5) is 5.69 Å². The molecule has 0 atom stereocenters. The number of hydrogen-bond acceptors (Lipinski definition) is 4. The van der Waals surface area contributed by atoms with E-state index >= 15 is 0 Å². The largest absolute Gasteiger partial charge is 0.452 e. The molecule has 108 valence electrons. The number of anilines is 1. The molecule has 0 spiro atoms. The predicted molar refractivity (Wildman–Crippen MR) is 87.1 cm³/mol. The van der Waals surface area contributed by atoms with Gasteiger partial charge >= 0.3 is 5.97 Å². The predicted octanol–water partition coefficient (Wildman–Crippen LogP) is 3.71. The van der Waals surface area contributed by atoms with Crippen molar-refractivity contribution < 1.29 is 14.3 Å². The third kappa shape index (κ3) is 5.53. The lowest BCUT2D eigenvalue weighted by Crippen LogP contribution is -2.20. The molecule has 21 heavy (non-hydrogen) atoms. The Kier molecular flexibility index (Phi) is 5.71. The van der Waals surface area contributed by atoms with Crippen molar-refractivity contribution in [1.82, 2.24) is 0 Å². The summed E-state index contributed by atoms with van der Waals surface area (Å²) in [6.07, 6.45) is 2.94. The van der Waals surface area contributed by atoms with Gasteiger partial charge in [0.15, 0.2) is 6.61 Å². The van der Waals surface area contributed by atoms with Crippen molar-refractivity contribution >= 4 is 50.9 Å². The lowest BCUT2D eigenvalue weighted by molar-refractivity contribution is -0.142. The third-order valence-electron chi connectivity index (χ3n) is 2.41. The van der Waals surface area contributed by atoms with Gasteiger partial charge < -0.3 is 10.1 Å². The van der Waals surface area contributed by atoms with Gasteiger partial charge in [-0.15, -0.1) is 0 Å². The van der Waals surface area contributed by atoms with Gasteiger partial charge in [0.1, 0.15) is 0 Å². The number of thiophene rings is 1. The lowest BCUT2D eigenvalue weighted by Gasteiger charge is -2.05. The number of amides is 1. The fraction of sp³-hybridized carbons (Fsp3) is 0.0667. The van der Waals surface area contributed by atoms with Crippen molar-refractivity contribution in [2.24, 2.45) is 0 Å². The van der Waals surface area contributed by atoms with E-state index < -0.39 is 5.97 Å². The summed E-state index contributed by atoms with van der Waals surface area (Å²) in [5.74, 6) is -0.934. The van der Waals surface area contributed by atoms with E-state index in [9.17, 15) is 9.59 Å². The standard InChI is InChI=1S/C15H12BrNO3S/c16-12-2-1-3-13(8-12)17-14(18)9-20-15(19)5-4-11-6-7-21-10-11/h1-8,10H,9H2,(H,17,18)/b5-4+. The van der Waals surface area contributed by atoms with E-state index in [4.69, 9.17) is 4.74 Å². The Morgan fingerprint density at radius 1 is 1.33 bits per heavy atom. The molecule has 0 aliphatic rings. The Morgan fingerprint density at radius 3 is 2.90 bits per heavy atom. The first kappa shape index (κ1) is 15.5. The normalized spacial score (nSPS) is 10.5. The maximum atomic E-state index is 11.6. The smallest absolute Gasteiger partial charge is 0.331 e. The molecule has 2 aromatic rings. The molecule has 1 aromatic carbocycles. The van der Waals surface area contributed by atoms with E-state index in [1.807, 2.05) is 22.9 Å². The van der Waals surface area contributed by atoms with Crippen LogP contribution in [0.2, 0.25) is 0 Å². The zero-order chi connectivity index (χ0) is 15.1. The molecule has 0 saturated heterocycles. The summed E-state index contributed by atoms with van der Waals surface area (Å²) in [6.45, 7) is -0.320. The number of carbonyl (C=O) groups is 2. The van der Waals surface area contributed by atoms with Crippen molar-refractivity contribution in [3.63, 3.8) is 0 Å². The number of esters is 1. The number of benzene rings is 1. The molecule has 0 fully saturated rings. The number of nitrogens with one attached hydrogen (secondary N) is 1. The molecule has 0 radical (unpaired) electrons. The van der Waals surface area contributed by atoms with Crippen LogP contribution in [0.25, 0.3) is 6.08 Å². The molecule has 2 rings (SSSR count). The molecule has 0 unspecified atom stereocenters. The molecular formula is C15H12BrNO3S. The summed E-state index contributed by atoms with van der Waals surface area (Å²) >= 11 is 4.85. The van der Waals surface area contributed by atoms with Crippen LogP contribution in [0.3, 0.4) is 0 Å². The van der Waals surface area contributed by atoms with E-state index in [1.54, 1.807) is 35.6 Å². The molecular weight excluding hydrogens is 354 g/mol. The van der Waals surface area contributed by atoms with Crippen LogP contribution in [0.1, 0.15) is 5.56 Å². The van der Waals surface area contributed by atoms with Gasteiger partial charge in [0.05, 0.1) is 0 Å². The Balaban J connectivity index is 1.77. The number of halogens is 1. The highest BCUT2D eigenvalue weighted by molar-refractivity contribution is 9.10. The fourth-order valence-corrected chi connectivity index (χ4v) is 2.51. The van der Waals surface area contributed by atoms with Crippen LogP contribution < -0.4 is 5.32 Å². The minimum absolute atomic E-state index is 0.320. The van der Waals surface area contributed by atoms with Gasteiger partial charge in [0, 0.05) is 16.2 Å². The molecule has 0 aliphatic heterocycles.